The highest BCUT2D eigenvalue weighted by Gasteiger charge is 2.42. The van der Waals surface area contributed by atoms with E-state index in [1.54, 1.807) is 35.9 Å². The lowest BCUT2D eigenvalue weighted by Crippen LogP contribution is -2.40. The third kappa shape index (κ3) is 3.38. The molecule has 3 heterocycles. The molecule has 0 aliphatic heterocycles. The van der Waals surface area contributed by atoms with Crippen LogP contribution in [0.1, 0.15) is 31.5 Å². The second-order valence-corrected chi connectivity index (χ2v) is 9.34. The molecular formula is C26H21F2N5O2. The Labute approximate surface area is 198 Å². The molecule has 0 spiro atoms. The monoisotopic (exact) mass is 473 g/mol. The van der Waals surface area contributed by atoms with Crippen molar-refractivity contribution < 1.29 is 13.9 Å². The minimum absolute atomic E-state index is 0.0261. The Morgan fingerprint density at radius 1 is 1.14 bits per heavy atom. The van der Waals surface area contributed by atoms with Crippen LogP contribution in [0.3, 0.4) is 0 Å². The van der Waals surface area contributed by atoms with E-state index in [1.807, 2.05) is 0 Å². The maximum absolute atomic E-state index is 15.4. The van der Waals surface area contributed by atoms with Gasteiger partial charge in [0.25, 0.3) is 5.56 Å². The van der Waals surface area contributed by atoms with Gasteiger partial charge in [0, 0.05) is 35.5 Å². The minimum atomic E-state index is -0.772. The van der Waals surface area contributed by atoms with Gasteiger partial charge < -0.3 is 10.8 Å². The van der Waals surface area contributed by atoms with Crippen LogP contribution in [-0.2, 0) is 0 Å². The summed E-state index contributed by atoms with van der Waals surface area (Å²) in [6, 6.07) is 10.0. The van der Waals surface area contributed by atoms with Crippen molar-refractivity contribution in [3.63, 3.8) is 0 Å². The van der Waals surface area contributed by atoms with Crippen molar-refractivity contribution in [3.05, 3.63) is 88.9 Å². The molecule has 1 aliphatic rings. The van der Waals surface area contributed by atoms with Gasteiger partial charge >= 0.3 is 0 Å². The second-order valence-electron chi connectivity index (χ2n) is 9.34. The van der Waals surface area contributed by atoms with E-state index in [0.717, 1.165) is 0 Å². The molecule has 7 nitrogen and oxygen atoms in total. The first-order valence-corrected chi connectivity index (χ1v) is 11.2. The summed E-state index contributed by atoms with van der Waals surface area (Å²) < 4.78 is 32.2. The smallest absolute Gasteiger partial charge is 0.262 e. The molecular weight excluding hydrogens is 452 g/mol. The van der Waals surface area contributed by atoms with Gasteiger partial charge in [-0.1, -0.05) is 6.07 Å². The van der Waals surface area contributed by atoms with Crippen LogP contribution >= 0.6 is 0 Å². The van der Waals surface area contributed by atoms with Crippen molar-refractivity contribution in [2.45, 2.75) is 31.3 Å². The lowest BCUT2D eigenvalue weighted by molar-refractivity contribution is -0.0335. The molecule has 0 bridgehead atoms. The Morgan fingerprint density at radius 3 is 2.69 bits per heavy atom. The number of nitrogen functional groups attached to an aromatic ring is 1. The van der Waals surface area contributed by atoms with Gasteiger partial charge in [0.1, 0.15) is 34.5 Å². The molecule has 0 saturated heterocycles. The van der Waals surface area contributed by atoms with Crippen LogP contribution in [0.15, 0.2) is 65.8 Å². The van der Waals surface area contributed by atoms with Crippen molar-refractivity contribution in [3.8, 4) is 16.9 Å². The molecule has 1 fully saturated rings. The van der Waals surface area contributed by atoms with Crippen molar-refractivity contribution >= 4 is 22.1 Å². The zero-order valence-electron chi connectivity index (χ0n) is 18.7. The molecule has 35 heavy (non-hydrogen) atoms. The van der Waals surface area contributed by atoms with Crippen LogP contribution in [0.25, 0.3) is 33.2 Å². The second kappa shape index (κ2) is 7.44. The molecule has 0 amide bonds. The molecule has 176 valence electrons. The van der Waals surface area contributed by atoms with E-state index in [-0.39, 0.29) is 28.4 Å². The van der Waals surface area contributed by atoms with E-state index in [9.17, 15) is 14.3 Å². The average Bonchev–Trinajstić information content (AvgIpc) is 3.18. The summed E-state index contributed by atoms with van der Waals surface area (Å²) in [5.74, 6) is -0.223. The van der Waals surface area contributed by atoms with Crippen LogP contribution in [0.5, 0.6) is 0 Å². The fourth-order valence-electron chi connectivity index (χ4n) is 5.02. The first-order valence-electron chi connectivity index (χ1n) is 11.2. The molecule has 1 saturated carbocycles. The Bertz CT molecular complexity index is 1700. The Hall–Kier alpha value is -4.11. The number of benzene rings is 2. The van der Waals surface area contributed by atoms with Gasteiger partial charge in [-0.25, -0.2) is 18.7 Å². The number of imidazole rings is 1. The maximum Gasteiger partial charge on any atom is 0.262 e. The van der Waals surface area contributed by atoms with E-state index < -0.39 is 22.8 Å². The number of nitrogens with zero attached hydrogens (tertiary/aromatic N) is 4. The topological polar surface area (TPSA) is 98.4 Å². The molecule has 3 aromatic heterocycles. The van der Waals surface area contributed by atoms with Crippen LogP contribution in [0.4, 0.5) is 14.6 Å². The number of fused-ring (bicyclic) bond motifs is 2. The predicted molar refractivity (Wildman–Crippen MR) is 128 cm³/mol. The number of aliphatic hydroxyl groups is 1. The zero-order valence-corrected chi connectivity index (χ0v) is 18.7. The van der Waals surface area contributed by atoms with Crippen LogP contribution in [0, 0.1) is 11.6 Å². The number of hydrogen-bond donors (Lipinski definition) is 2. The van der Waals surface area contributed by atoms with Gasteiger partial charge in [0.15, 0.2) is 0 Å². The number of hydrogen-bond acceptors (Lipinski definition) is 5. The predicted octanol–water partition coefficient (Wildman–Crippen LogP) is 4.19. The first kappa shape index (κ1) is 21.4. The van der Waals surface area contributed by atoms with E-state index in [0.29, 0.717) is 35.3 Å². The van der Waals surface area contributed by atoms with E-state index >= 15 is 4.39 Å². The first-order chi connectivity index (χ1) is 16.7. The van der Waals surface area contributed by atoms with Crippen LogP contribution in [-0.4, -0.2) is 29.6 Å². The van der Waals surface area contributed by atoms with Gasteiger partial charge in [-0.3, -0.25) is 13.8 Å². The SMILES string of the molecule is CC1(O)CC(c2nc(-c3cc4c(=O)n(-c5cccc(F)c5)ccc4cc3F)c3c(N)nccn23)C1. The number of nitrogens with two attached hydrogens (primary N) is 1. The molecule has 3 N–H and O–H groups in total. The van der Waals surface area contributed by atoms with E-state index in [2.05, 4.69) is 4.98 Å². The quantitative estimate of drug-likeness (QED) is 0.410. The Balaban J connectivity index is 1.57. The summed E-state index contributed by atoms with van der Waals surface area (Å²) in [5, 5.41) is 10.9. The third-order valence-corrected chi connectivity index (χ3v) is 6.68. The molecule has 5 aromatic rings. The number of pyridine rings is 1. The normalized spacial score (nSPS) is 19.8. The third-order valence-electron chi connectivity index (χ3n) is 6.68. The fourth-order valence-corrected chi connectivity index (χ4v) is 5.02. The number of aromatic nitrogens is 4. The maximum atomic E-state index is 15.4. The summed E-state index contributed by atoms with van der Waals surface area (Å²) in [5.41, 5.74) is 6.18. The zero-order chi connectivity index (χ0) is 24.5. The molecule has 9 heteroatoms. The van der Waals surface area contributed by atoms with Gasteiger partial charge in [-0.05, 0) is 61.5 Å². The van der Waals surface area contributed by atoms with Crippen molar-refractivity contribution in [2.24, 2.45) is 0 Å². The lowest BCUT2D eigenvalue weighted by Gasteiger charge is -2.40. The summed E-state index contributed by atoms with van der Waals surface area (Å²) in [7, 11) is 0. The average molecular weight is 473 g/mol. The summed E-state index contributed by atoms with van der Waals surface area (Å²) in [6.07, 6.45) is 5.79. The molecule has 0 unspecified atom stereocenters. The lowest BCUT2D eigenvalue weighted by atomic mass is 9.72. The van der Waals surface area contributed by atoms with E-state index in [1.165, 1.54) is 41.1 Å². The molecule has 0 radical (unpaired) electrons. The van der Waals surface area contributed by atoms with Crippen molar-refractivity contribution in [2.75, 3.05) is 5.73 Å². The summed E-state index contributed by atoms with van der Waals surface area (Å²) >= 11 is 0. The van der Waals surface area contributed by atoms with Gasteiger partial charge in [0.2, 0.25) is 0 Å². The Kier molecular flexibility index (Phi) is 4.56. The highest BCUT2D eigenvalue weighted by molar-refractivity contribution is 5.92. The molecule has 2 aromatic carbocycles. The highest BCUT2D eigenvalue weighted by Crippen LogP contribution is 2.45. The largest absolute Gasteiger partial charge is 0.390 e. The standard InChI is InChI=1S/C26H21F2N5O2/c1-26(35)12-15(13-26)24-31-21(22-23(29)30-6-8-33(22)24)19-11-18-14(9-20(19)28)5-7-32(25(18)34)17-4-2-3-16(27)10-17/h2-11,15,35H,12-13H2,1H3,(H2,29,30). The van der Waals surface area contributed by atoms with Gasteiger partial charge in [-0.15, -0.1) is 0 Å². The summed E-state index contributed by atoms with van der Waals surface area (Å²) in [6.45, 7) is 1.77. The van der Waals surface area contributed by atoms with Crippen LogP contribution < -0.4 is 11.3 Å². The minimum Gasteiger partial charge on any atom is -0.390 e. The summed E-state index contributed by atoms with van der Waals surface area (Å²) in [4.78, 5) is 22.2. The van der Waals surface area contributed by atoms with Crippen LogP contribution in [0.2, 0.25) is 0 Å². The molecule has 0 atom stereocenters. The molecule has 1 aliphatic carbocycles. The van der Waals surface area contributed by atoms with Crippen molar-refractivity contribution in [1.82, 2.24) is 18.9 Å². The fraction of sp³-hybridized carbons (Fsp3) is 0.192. The Morgan fingerprint density at radius 2 is 1.94 bits per heavy atom. The highest BCUT2D eigenvalue weighted by atomic mass is 19.1. The molecule has 6 rings (SSSR count). The number of rotatable bonds is 3. The van der Waals surface area contributed by atoms with Gasteiger partial charge in [-0.2, -0.15) is 0 Å². The van der Waals surface area contributed by atoms with Crippen molar-refractivity contribution in [1.29, 1.82) is 0 Å². The number of halogens is 2. The number of anilines is 1. The van der Waals surface area contributed by atoms with Gasteiger partial charge in [0.05, 0.1) is 11.3 Å². The van der Waals surface area contributed by atoms with E-state index in [4.69, 9.17) is 10.7 Å².